The zero-order valence-corrected chi connectivity index (χ0v) is 12.3. The van der Waals surface area contributed by atoms with E-state index < -0.39 is 0 Å². The second-order valence-electron chi connectivity index (χ2n) is 4.20. The van der Waals surface area contributed by atoms with Crippen molar-refractivity contribution in [3.8, 4) is 5.75 Å². The standard InChI is InChI=1S/C14H17N3O2S/c1-3-19-11-6-4-5-10(15)13(11)14(18)16-7-12-9(2)17-8-20-12/h4-6,8H,3,7,15H2,1-2H3,(H,16,18). The minimum absolute atomic E-state index is 0.237. The smallest absolute Gasteiger partial charge is 0.257 e. The molecule has 1 aromatic carbocycles. The van der Waals surface area contributed by atoms with Crippen molar-refractivity contribution in [3.05, 3.63) is 39.8 Å². The number of amides is 1. The van der Waals surface area contributed by atoms with Crippen LogP contribution >= 0.6 is 11.3 Å². The van der Waals surface area contributed by atoms with E-state index in [4.69, 9.17) is 10.5 Å². The second-order valence-corrected chi connectivity index (χ2v) is 5.14. The molecule has 0 atom stereocenters. The lowest BCUT2D eigenvalue weighted by molar-refractivity contribution is 0.0948. The number of hydrogen-bond donors (Lipinski definition) is 2. The lowest BCUT2D eigenvalue weighted by Gasteiger charge is -2.12. The summed E-state index contributed by atoms with van der Waals surface area (Å²) in [6.07, 6.45) is 0. The van der Waals surface area contributed by atoms with Gasteiger partial charge in [-0.05, 0) is 26.0 Å². The number of aryl methyl sites for hydroxylation is 1. The Balaban J connectivity index is 2.15. The van der Waals surface area contributed by atoms with Gasteiger partial charge in [-0.15, -0.1) is 11.3 Å². The van der Waals surface area contributed by atoms with E-state index in [2.05, 4.69) is 10.3 Å². The molecule has 3 N–H and O–H groups in total. The minimum Gasteiger partial charge on any atom is -0.493 e. The van der Waals surface area contributed by atoms with Crippen LogP contribution in [0.1, 0.15) is 27.9 Å². The van der Waals surface area contributed by atoms with E-state index in [0.29, 0.717) is 30.2 Å². The van der Waals surface area contributed by atoms with Gasteiger partial charge in [-0.1, -0.05) is 6.07 Å². The number of aromatic nitrogens is 1. The molecular weight excluding hydrogens is 274 g/mol. The van der Waals surface area contributed by atoms with Crippen LogP contribution in [0.4, 0.5) is 5.69 Å². The first-order chi connectivity index (χ1) is 9.63. The summed E-state index contributed by atoms with van der Waals surface area (Å²) in [7, 11) is 0. The second kappa shape index (κ2) is 6.38. The van der Waals surface area contributed by atoms with Gasteiger partial charge in [0.05, 0.1) is 24.4 Å². The van der Waals surface area contributed by atoms with Gasteiger partial charge in [0, 0.05) is 10.6 Å². The van der Waals surface area contributed by atoms with Crippen LogP contribution in [0.3, 0.4) is 0 Å². The molecule has 0 aliphatic heterocycles. The molecule has 5 nitrogen and oxygen atoms in total. The summed E-state index contributed by atoms with van der Waals surface area (Å²) in [5.74, 6) is 0.269. The number of benzene rings is 1. The summed E-state index contributed by atoms with van der Waals surface area (Å²) in [5.41, 5.74) is 9.37. The molecule has 0 spiro atoms. The fourth-order valence-corrected chi connectivity index (χ4v) is 2.53. The van der Waals surface area contributed by atoms with Gasteiger partial charge in [-0.3, -0.25) is 4.79 Å². The van der Waals surface area contributed by atoms with Crippen molar-refractivity contribution in [1.82, 2.24) is 10.3 Å². The molecule has 20 heavy (non-hydrogen) atoms. The fraction of sp³-hybridized carbons (Fsp3) is 0.286. The first-order valence-corrected chi connectivity index (χ1v) is 7.20. The number of anilines is 1. The molecular formula is C14H17N3O2S. The number of thiazole rings is 1. The topological polar surface area (TPSA) is 77.2 Å². The Kier molecular flexibility index (Phi) is 4.57. The van der Waals surface area contributed by atoms with Crippen LogP contribution < -0.4 is 15.8 Å². The quantitative estimate of drug-likeness (QED) is 0.829. The third-order valence-corrected chi connectivity index (χ3v) is 3.77. The number of nitrogens with one attached hydrogen (secondary N) is 1. The van der Waals surface area contributed by atoms with Crippen LogP contribution in [-0.4, -0.2) is 17.5 Å². The van der Waals surface area contributed by atoms with E-state index >= 15 is 0 Å². The van der Waals surface area contributed by atoms with Crippen molar-refractivity contribution in [2.45, 2.75) is 20.4 Å². The van der Waals surface area contributed by atoms with E-state index in [9.17, 15) is 4.79 Å². The van der Waals surface area contributed by atoms with Crippen LogP contribution in [0.25, 0.3) is 0 Å². The number of rotatable bonds is 5. The highest BCUT2D eigenvalue weighted by Gasteiger charge is 2.16. The molecule has 0 aliphatic rings. The molecule has 106 valence electrons. The molecule has 0 radical (unpaired) electrons. The predicted octanol–water partition coefficient (Wildman–Crippen LogP) is 2.36. The monoisotopic (exact) mass is 291 g/mol. The van der Waals surface area contributed by atoms with Crippen LogP contribution in [-0.2, 0) is 6.54 Å². The van der Waals surface area contributed by atoms with Crippen LogP contribution in [0, 0.1) is 6.92 Å². The molecule has 2 rings (SSSR count). The Bertz CT molecular complexity index is 610. The Morgan fingerprint density at radius 1 is 1.50 bits per heavy atom. The van der Waals surface area contributed by atoms with E-state index in [1.165, 1.54) is 11.3 Å². The number of ether oxygens (including phenoxy) is 1. The van der Waals surface area contributed by atoms with E-state index in [1.54, 1.807) is 23.7 Å². The zero-order valence-electron chi connectivity index (χ0n) is 11.5. The minimum atomic E-state index is -0.237. The first-order valence-electron chi connectivity index (χ1n) is 6.32. The zero-order chi connectivity index (χ0) is 14.5. The highest BCUT2D eigenvalue weighted by molar-refractivity contribution is 7.09. The first kappa shape index (κ1) is 14.3. The molecule has 2 aromatic rings. The van der Waals surface area contributed by atoms with Crippen molar-refractivity contribution in [2.75, 3.05) is 12.3 Å². The number of carbonyl (C=O) groups excluding carboxylic acids is 1. The van der Waals surface area contributed by atoms with Gasteiger partial charge in [-0.2, -0.15) is 0 Å². The Morgan fingerprint density at radius 2 is 2.30 bits per heavy atom. The normalized spacial score (nSPS) is 10.3. The van der Waals surface area contributed by atoms with Crippen molar-refractivity contribution in [1.29, 1.82) is 0 Å². The van der Waals surface area contributed by atoms with Gasteiger partial charge < -0.3 is 15.8 Å². The Morgan fingerprint density at radius 3 is 2.95 bits per heavy atom. The van der Waals surface area contributed by atoms with Crippen LogP contribution in [0.15, 0.2) is 23.7 Å². The van der Waals surface area contributed by atoms with E-state index in [-0.39, 0.29) is 5.91 Å². The van der Waals surface area contributed by atoms with Gasteiger partial charge in [0.15, 0.2) is 0 Å². The van der Waals surface area contributed by atoms with Crippen molar-refractivity contribution < 1.29 is 9.53 Å². The van der Waals surface area contributed by atoms with Crippen LogP contribution in [0.5, 0.6) is 5.75 Å². The molecule has 1 heterocycles. The van der Waals surface area contributed by atoms with Gasteiger partial charge in [0.25, 0.3) is 5.91 Å². The lowest BCUT2D eigenvalue weighted by atomic mass is 10.1. The Hall–Kier alpha value is -2.08. The molecule has 0 saturated heterocycles. The summed E-state index contributed by atoms with van der Waals surface area (Å²) < 4.78 is 5.45. The number of hydrogen-bond acceptors (Lipinski definition) is 5. The SMILES string of the molecule is CCOc1cccc(N)c1C(=O)NCc1scnc1C. The third-order valence-electron chi connectivity index (χ3n) is 2.84. The fourth-order valence-electron chi connectivity index (χ4n) is 1.81. The lowest BCUT2D eigenvalue weighted by Crippen LogP contribution is -2.24. The molecule has 0 bridgehead atoms. The summed E-state index contributed by atoms with van der Waals surface area (Å²) in [6.45, 7) is 4.71. The number of nitrogens with zero attached hydrogens (tertiary/aromatic N) is 1. The maximum absolute atomic E-state index is 12.3. The molecule has 0 fully saturated rings. The van der Waals surface area contributed by atoms with Gasteiger partial charge in [-0.25, -0.2) is 4.98 Å². The number of nitrogen functional groups attached to an aromatic ring is 1. The van der Waals surface area contributed by atoms with E-state index in [1.807, 2.05) is 13.8 Å². The summed E-state index contributed by atoms with van der Waals surface area (Å²) in [5, 5.41) is 2.85. The van der Waals surface area contributed by atoms with Crippen molar-refractivity contribution in [3.63, 3.8) is 0 Å². The maximum Gasteiger partial charge on any atom is 0.257 e. The summed E-state index contributed by atoms with van der Waals surface area (Å²) >= 11 is 1.52. The number of nitrogens with two attached hydrogens (primary N) is 1. The van der Waals surface area contributed by atoms with Crippen LogP contribution in [0.2, 0.25) is 0 Å². The van der Waals surface area contributed by atoms with Gasteiger partial charge in [0.2, 0.25) is 0 Å². The molecule has 6 heteroatoms. The molecule has 1 aromatic heterocycles. The molecule has 0 saturated carbocycles. The summed E-state index contributed by atoms with van der Waals surface area (Å²) in [4.78, 5) is 17.5. The molecule has 1 amide bonds. The Labute approximate surface area is 121 Å². The van der Waals surface area contributed by atoms with E-state index in [0.717, 1.165) is 10.6 Å². The van der Waals surface area contributed by atoms with Crippen molar-refractivity contribution >= 4 is 22.9 Å². The van der Waals surface area contributed by atoms with Crippen molar-refractivity contribution in [2.24, 2.45) is 0 Å². The average molecular weight is 291 g/mol. The maximum atomic E-state index is 12.3. The molecule has 0 aliphatic carbocycles. The number of carbonyl (C=O) groups is 1. The average Bonchev–Trinajstić information content (AvgIpc) is 2.82. The third kappa shape index (κ3) is 3.08. The van der Waals surface area contributed by atoms with Gasteiger partial charge >= 0.3 is 0 Å². The predicted molar refractivity (Wildman–Crippen MR) is 80.0 cm³/mol. The van der Waals surface area contributed by atoms with Gasteiger partial charge in [0.1, 0.15) is 11.3 Å². The highest BCUT2D eigenvalue weighted by atomic mass is 32.1. The summed E-state index contributed by atoms with van der Waals surface area (Å²) in [6, 6.07) is 5.20. The largest absolute Gasteiger partial charge is 0.493 e. The highest BCUT2D eigenvalue weighted by Crippen LogP contribution is 2.24. The molecule has 0 unspecified atom stereocenters.